The van der Waals surface area contributed by atoms with E-state index in [1.54, 1.807) is 7.11 Å². The van der Waals surface area contributed by atoms with E-state index in [1.807, 2.05) is 25.1 Å². The van der Waals surface area contributed by atoms with Crippen LogP contribution in [0.4, 0.5) is 4.39 Å². The van der Waals surface area contributed by atoms with Crippen molar-refractivity contribution < 1.29 is 13.9 Å². The Hall–Kier alpha value is -1.59. The molecule has 0 aliphatic rings. The predicted octanol–water partition coefficient (Wildman–Crippen LogP) is 4.74. The minimum Gasteiger partial charge on any atom is -0.496 e. The number of carbonyl (C=O) groups is 1. The highest BCUT2D eigenvalue weighted by Crippen LogP contribution is 2.28. The molecular formula is C16H14BrClFNO2. The zero-order valence-corrected chi connectivity index (χ0v) is 14.3. The molecule has 0 saturated carbocycles. The fraction of sp³-hybridized carbons (Fsp3) is 0.188. The summed E-state index contributed by atoms with van der Waals surface area (Å²) in [5.41, 5.74) is 1.14. The van der Waals surface area contributed by atoms with Gasteiger partial charge in [-0.25, -0.2) is 4.39 Å². The van der Waals surface area contributed by atoms with Gasteiger partial charge in [-0.2, -0.15) is 0 Å². The van der Waals surface area contributed by atoms with Gasteiger partial charge in [0.15, 0.2) is 0 Å². The number of methoxy groups -OCH3 is 1. The molecule has 0 aliphatic carbocycles. The van der Waals surface area contributed by atoms with Gasteiger partial charge in [0.05, 0.1) is 28.2 Å². The number of hydrogen-bond acceptors (Lipinski definition) is 2. The summed E-state index contributed by atoms with van der Waals surface area (Å²) in [5.74, 6) is -0.123. The molecule has 0 bridgehead atoms. The fourth-order valence-electron chi connectivity index (χ4n) is 1.98. The van der Waals surface area contributed by atoms with Crippen molar-refractivity contribution >= 4 is 33.4 Å². The van der Waals surface area contributed by atoms with E-state index < -0.39 is 5.82 Å². The third kappa shape index (κ3) is 3.78. The van der Waals surface area contributed by atoms with Crippen molar-refractivity contribution in [3.8, 4) is 5.75 Å². The second kappa shape index (κ2) is 7.11. The van der Waals surface area contributed by atoms with Gasteiger partial charge in [-0.15, -0.1) is 0 Å². The number of rotatable bonds is 4. The van der Waals surface area contributed by atoms with Gasteiger partial charge < -0.3 is 10.1 Å². The number of halogens is 3. The van der Waals surface area contributed by atoms with Crippen molar-refractivity contribution in [3.63, 3.8) is 0 Å². The minimum absolute atomic E-state index is 0.0839. The van der Waals surface area contributed by atoms with Crippen LogP contribution in [-0.4, -0.2) is 13.0 Å². The zero-order chi connectivity index (χ0) is 16.3. The van der Waals surface area contributed by atoms with Crippen LogP contribution in [0.1, 0.15) is 28.9 Å². The molecule has 0 radical (unpaired) electrons. The minimum atomic E-state index is -0.478. The van der Waals surface area contributed by atoms with Gasteiger partial charge in [-0.1, -0.05) is 17.7 Å². The quantitative estimate of drug-likeness (QED) is 0.824. The van der Waals surface area contributed by atoms with Gasteiger partial charge in [-0.05, 0) is 58.7 Å². The molecule has 1 amide bonds. The first kappa shape index (κ1) is 16.8. The molecule has 2 aromatic carbocycles. The summed E-state index contributed by atoms with van der Waals surface area (Å²) in [6, 6.07) is 8.99. The van der Waals surface area contributed by atoms with Crippen LogP contribution >= 0.6 is 27.5 Å². The molecule has 0 aliphatic heterocycles. The van der Waals surface area contributed by atoms with E-state index in [4.69, 9.17) is 16.3 Å². The largest absolute Gasteiger partial charge is 0.496 e. The first-order valence-corrected chi connectivity index (χ1v) is 7.69. The maximum Gasteiger partial charge on any atom is 0.253 e. The van der Waals surface area contributed by atoms with Crippen LogP contribution in [0.15, 0.2) is 40.9 Å². The van der Waals surface area contributed by atoms with E-state index in [9.17, 15) is 9.18 Å². The second-order valence-corrected chi connectivity index (χ2v) is 5.97. The van der Waals surface area contributed by atoms with Crippen LogP contribution in [-0.2, 0) is 0 Å². The van der Waals surface area contributed by atoms with E-state index in [-0.39, 0.29) is 22.5 Å². The highest BCUT2D eigenvalue weighted by atomic mass is 79.9. The molecule has 2 aromatic rings. The van der Waals surface area contributed by atoms with Crippen molar-refractivity contribution in [2.45, 2.75) is 13.0 Å². The maximum absolute atomic E-state index is 13.0. The van der Waals surface area contributed by atoms with Crippen molar-refractivity contribution in [2.24, 2.45) is 0 Å². The molecule has 116 valence electrons. The SMILES string of the molecule is COc1ccc(C(C)NC(=O)c2ccc(F)cc2Cl)cc1Br. The molecule has 0 heterocycles. The first-order valence-electron chi connectivity index (χ1n) is 6.51. The van der Waals surface area contributed by atoms with Crippen LogP contribution in [0.3, 0.4) is 0 Å². The number of hydrogen-bond donors (Lipinski definition) is 1. The van der Waals surface area contributed by atoms with Gasteiger partial charge in [0.25, 0.3) is 5.91 Å². The van der Waals surface area contributed by atoms with Crippen molar-refractivity contribution in [2.75, 3.05) is 7.11 Å². The Kier molecular flexibility index (Phi) is 5.42. The van der Waals surface area contributed by atoms with Gasteiger partial charge in [0.2, 0.25) is 0 Å². The fourth-order valence-corrected chi connectivity index (χ4v) is 2.79. The number of carbonyl (C=O) groups excluding carboxylic acids is 1. The molecular weight excluding hydrogens is 373 g/mol. The molecule has 0 saturated heterocycles. The number of ether oxygens (including phenoxy) is 1. The average molecular weight is 387 g/mol. The molecule has 3 nitrogen and oxygen atoms in total. The van der Waals surface area contributed by atoms with Crippen molar-refractivity contribution in [1.29, 1.82) is 0 Å². The third-order valence-electron chi connectivity index (χ3n) is 3.20. The Morgan fingerprint density at radius 1 is 1.32 bits per heavy atom. The maximum atomic E-state index is 13.0. The summed E-state index contributed by atoms with van der Waals surface area (Å²) >= 11 is 9.30. The summed E-state index contributed by atoms with van der Waals surface area (Å²) < 4.78 is 19.0. The lowest BCUT2D eigenvalue weighted by Crippen LogP contribution is -2.26. The Morgan fingerprint density at radius 2 is 2.05 bits per heavy atom. The Morgan fingerprint density at radius 3 is 2.64 bits per heavy atom. The second-order valence-electron chi connectivity index (χ2n) is 4.71. The Labute approximate surface area is 141 Å². The zero-order valence-electron chi connectivity index (χ0n) is 12.0. The lowest BCUT2D eigenvalue weighted by molar-refractivity contribution is 0.0940. The summed E-state index contributed by atoms with van der Waals surface area (Å²) in [7, 11) is 1.58. The van der Waals surface area contributed by atoms with Gasteiger partial charge in [0, 0.05) is 0 Å². The van der Waals surface area contributed by atoms with E-state index in [2.05, 4.69) is 21.2 Å². The number of amides is 1. The topological polar surface area (TPSA) is 38.3 Å². The van der Waals surface area contributed by atoms with E-state index in [1.165, 1.54) is 12.1 Å². The van der Waals surface area contributed by atoms with Crippen LogP contribution in [0.5, 0.6) is 5.75 Å². The highest BCUT2D eigenvalue weighted by Gasteiger charge is 2.15. The predicted molar refractivity (Wildman–Crippen MR) is 88.0 cm³/mol. The third-order valence-corrected chi connectivity index (χ3v) is 4.13. The van der Waals surface area contributed by atoms with E-state index in [0.717, 1.165) is 16.1 Å². The summed E-state index contributed by atoms with van der Waals surface area (Å²) in [4.78, 5) is 12.2. The molecule has 0 aromatic heterocycles. The molecule has 6 heteroatoms. The average Bonchev–Trinajstić information content (AvgIpc) is 2.46. The molecule has 0 fully saturated rings. The van der Waals surface area contributed by atoms with Gasteiger partial charge in [0.1, 0.15) is 11.6 Å². The molecule has 1 N–H and O–H groups in total. The van der Waals surface area contributed by atoms with Gasteiger partial charge in [-0.3, -0.25) is 4.79 Å². The van der Waals surface area contributed by atoms with Gasteiger partial charge >= 0.3 is 0 Å². The van der Waals surface area contributed by atoms with Crippen LogP contribution in [0.25, 0.3) is 0 Å². The van der Waals surface area contributed by atoms with Crippen LogP contribution < -0.4 is 10.1 Å². The smallest absolute Gasteiger partial charge is 0.253 e. The number of nitrogens with one attached hydrogen (secondary N) is 1. The molecule has 1 unspecified atom stereocenters. The lowest BCUT2D eigenvalue weighted by atomic mass is 10.1. The summed E-state index contributed by atoms with van der Waals surface area (Å²) in [5, 5.41) is 2.91. The molecule has 22 heavy (non-hydrogen) atoms. The Bertz CT molecular complexity index is 709. The standard InChI is InChI=1S/C16H14BrClFNO2/c1-9(10-3-6-15(22-2)13(17)7-10)20-16(21)12-5-4-11(19)8-14(12)18/h3-9H,1-2H3,(H,20,21). The lowest BCUT2D eigenvalue weighted by Gasteiger charge is -2.16. The normalized spacial score (nSPS) is 11.9. The van der Waals surface area contributed by atoms with E-state index >= 15 is 0 Å². The molecule has 2 rings (SSSR count). The summed E-state index contributed by atoms with van der Waals surface area (Å²) in [6.07, 6.45) is 0. The summed E-state index contributed by atoms with van der Waals surface area (Å²) in [6.45, 7) is 1.85. The van der Waals surface area contributed by atoms with Crippen LogP contribution in [0.2, 0.25) is 5.02 Å². The molecule has 0 spiro atoms. The van der Waals surface area contributed by atoms with E-state index in [0.29, 0.717) is 5.75 Å². The Balaban J connectivity index is 2.15. The van der Waals surface area contributed by atoms with Crippen LogP contribution in [0, 0.1) is 5.82 Å². The molecule has 1 atom stereocenters. The monoisotopic (exact) mass is 385 g/mol. The number of benzene rings is 2. The highest BCUT2D eigenvalue weighted by molar-refractivity contribution is 9.10. The van der Waals surface area contributed by atoms with Crippen molar-refractivity contribution in [3.05, 3.63) is 62.8 Å². The first-order chi connectivity index (χ1) is 10.4. The van der Waals surface area contributed by atoms with Crippen molar-refractivity contribution in [1.82, 2.24) is 5.32 Å².